The van der Waals surface area contributed by atoms with Gasteiger partial charge in [-0.25, -0.2) is 4.98 Å². The van der Waals surface area contributed by atoms with Crippen molar-refractivity contribution in [3.8, 4) is 5.75 Å². The molecule has 0 saturated heterocycles. The zero-order valence-electron chi connectivity index (χ0n) is 6.17. The second-order valence-electron chi connectivity index (χ2n) is 1.98. The Labute approximate surface area is 73.7 Å². The van der Waals surface area contributed by atoms with Crippen LogP contribution in [0.4, 0.5) is 5.69 Å². The number of hydrogen-bond acceptors (Lipinski definition) is 3. The lowest BCUT2D eigenvalue weighted by Crippen LogP contribution is -1.97. The van der Waals surface area contributed by atoms with Gasteiger partial charge in [0.1, 0.15) is 4.60 Å². The Balaban J connectivity index is 2.90. The Hall–Kier alpha value is -0.770. The van der Waals surface area contributed by atoms with Crippen molar-refractivity contribution in [2.45, 2.75) is 6.92 Å². The summed E-state index contributed by atoms with van der Waals surface area (Å²) in [6, 6.07) is 1.71. The van der Waals surface area contributed by atoms with E-state index in [1.807, 2.05) is 6.92 Å². The molecule has 0 amide bonds. The Bertz CT molecular complexity index is 252. The molecule has 2 N–H and O–H groups in total. The van der Waals surface area contributed by atoms with Crippen molar-refractivity contribution in [1.82, 2.24) is 4.98 Å². The van der Waals surface area contributed by atoms with Gasteiger partial charge in [-0.15, -0.1) is 0 Å². The first-order chi connectivity index (χ1) is 5.24. The molecule has 1 aromatic rings. The molecule has 0 aromatic carbocycles. The summed E-state index contributed by atoms with van der Waals surface area (Å²) in [5.74, 6) is 0.635. The normalized spacial score (nSPS) is 9.64. The standard InChI is InChI=1S/C7H9BrN2O/c1-2-11-6-4-10-7(8)3-5(6)9/h3-4H,2H2,1H3,(H2,9,10). The lowest BCUT2D eigenvalue weighted by molar-refractivity contribution is 0.340. The third-order valence-electron chi connectivity index (χ3n) is 1.16. The summed E-state index contributed by atoms with van der Waals surface area (Å²) in [5.41, 5.74) is 6.22. The number of nitrogens with two attached hydrogens (primary N) is 1. The molecule has 0 radical (unpaired) electrons. The molecule has 1 rings (SSSR count). The summed E-state index contributed by atoms with van der Waals surface area (Å²) in [6.07, 6.45) is 1.60. The fourth-order valence-electron chi connectivity index (χ4n) is 0.708. The van der Waals surface area contributed by atoms with Gasteiger partial charge in [0, 0.05) is 0 Å². The predicted molar refractivity (Wildman–Crippen MR) is 47.5 cm³/mol. The molecule has 3 nitrogen and oxygen atoms in total. The van der Waals surface area contributed by atoms with Crippen molar-refractivity contribution in [2.75, 3.05) is 12.3 Å². The van der Waals surface area contributed by atoms with Crippen LogP contribution in [-0.4, -0.2) is 11.6 Å². The largest absolute Gasteiger partial charge is 0.490 e. The van der Waals surface area contributed by atoms with E-state index in [4.69, 9.17) is 10.5 Å². The molecule has 60 valence electrons. The first-order valence-electron chi connectivity index (χ1n) is 3.28. The summed E-state index contributed by atoms with van der Waals surface area (Å²) >= 11 is 3.20. The van der Waals surface area contributed by atoms with Crippen LogP contribution in [0.1, 0.15) is 6.92 Å². The Morgan fingerprint density at radius 1 is 1.73 bits per heavy atom. The molecule has 1 aromatic heterocycles. The van der Waals surface area contributed by atoms with Crippen LogP contribution in [0.3, 0.4) is 0 Å². The van der Waals surface area contributed by atoms with E-state index in [1.165, 1.54) is 0 Å². The third kappa shape index (κ3) is 2.08. The third-order valence-corrected chi connectivity index (χ3v) is 1.60. The van der Waals surface area contributed by atoms with Gasteiger partial charge in [0.05, 0.1) is 18.5 Å². The van der Waals surface area contributed by atoms with Crippen LogP contribution in [0.25, 0.3) is 0 Å². The maximum atomic E-state index is 5.61. The molecule has 0 aliphatic heterocycles. The zero-order chi connectivity index (χ0) is 8.27. The van der Waals surface area contributed by atoms with E-state index in [2.05, 4.69) is 20.9 Å². The Morgan fingerprint density at radius 2 is 2.45 bits per heavy atom. The summed E-state index contributed by atoms with van der Waals surface area (Å²) < 4.78 is 5.90. The number of nitrogen functional groups attached to an aromatic ring is 1. The minimum atomic E-state index is 0.605. The fourth-order valence-corrected chi connectivity index (χ4v) is 1.06. The molecule has 0 unspecified atom stereocenters. The summed E-state index contributed by atoms with van der Waals surface area (Å²) in [5, 5.41) is 0. The lowest BCUT2D eigenvalue weighted by atomic mass is 10.4. The number of aromatic nitrogens is 1. The van der Waals surface area contributed by atoms with Gasteiger partial charge < -0.3 is 10.5 Å². The Morgan fingerprint density at radius 3 is 3.00 bits per heavy atom. The van der Waals surface area contributed by atoms with Gasteiger partial charge in [0.15, 0.2) is 5.75 Å². The lowest BCUT2D eigenvalue weighted by Gasteiger charge is -2.04. The molecule has 0 aliphatic carbocycles. The number of rotatable bonds is 2. The van der Waals surface area contributed by atoms with E-state index in [1.54, 1.807) is 12.3 Å². The van der Waals surface area contributed by atoms with Gasteiger partial charge >= 0.3 is 0 Å². The number of halogens is 1. The monoisotopic (exact) mass is 216 g/mol. The van der Waals surface area contributed by atoms with Gasteiger partial charge in [-0.05, 0) is 28.9 Å². The highest BCUT2D eigenvalue weighted by molar-refractivity contribution is 9.10. The molecular formula is C7H9BrN2O. The topological polar surface area (TPSA) is 48.1 Å². The summed E-state index contributed by atoms with van der Waals surface area (Å²) in [7, 11) is 0. The van der Waals surface area contributed by atoms with Gasteiger partial charge in [-0.2, -0.15) is 0 Å². The van der Waals surface area contributed by atoms with Crippen molar-refractivity contribution in [3.05, 3.63) is 16.9 Å². The summed E-state index contributed by atoms with van der Waals surface area (Å²) in [6.45, 7) is 2.51. The van der Waals surface area contributed by atoms with Crippen LogP contribution in [0, 0.1) is 0 Å². The fraction of sp³-hybridized carbons (Fsp3) is 0.286. The molecule has 0 spiro atoms. The molecule has 0 bridgehead atoms. The maximum Gasteiger partial charge on any atom is 0.160 e. The maximum absolute atomic E-state index is 5.61. The molecule has 1 heterocycles. The van der Waals surface area contributed by atoms with Gasteiger partial charge in [-0.1, -0.05) is 0 Å². The van der Waals surface area contributed by atoms with E-state index in [0.29, 0.717) is 18.0 Å². The van der Waals surface area contributed by atoms with Crippen molar-refractivity contribution in [1.29, 1.82) is 0 Å². The van der Waals surface area contributed by atoms with Crippen LogP contribution < -0.4 is 10.5 Å². The minimum absolute atomic E-state index is 0.605. The van der Waals surface area contributed by atoms with Crippen LogP contribution in [0.2, 0.25) is 0 Å². The van der Waals surface area contributed by atoms with Crippen LogP contribution in [-0.2, 0) is 0 Å². The number of pyridine rings is 1. The molecule has 0 aliphatic rings. The molecule has 0 saturated carbocycles. The minimum Gasteiger partial charge on any atom is -0.490 e. The zero-order valence-corrected chi connectivity index (χ0v) is 7.76. The van der Waals surface area contributed by atoms with Gasteiger partial charge in [-0.3, -0.25) is 0 Å². The highest BCUT2D eigenvalue weighted by Crippen LogP contribution is 2.22. The number of ether oxygens (including phenoxy) is 1. The van der Waals surface area contributed by atoms with Crippen molar-refractivity contribution >= 4 is 21.6 Å². The quantitative estimate of drug-likeness (QED) is 0.768. The number of hydrogen-bond donors (Lipinski definition) is 1. The highest BCUT2D eigenvalue weighted by atomic mass is 79.9. The van der Waals surface area contributed by atoms with Gasteiger partial charge in [0.25, 0.3) is 0 Å². The number of anilines is 1. The van der Waals surface area contributed by atoms with E-state index in [9.17, 15) is 0 Å². The number of nitrogens with zero attached hydrogens (tertiary/aromatic N) is 1. The molecule has 0 fully saturated rings. The first-order valence-corrected chi connectivity index (χ1v) is 4.07. The van der Waals surface area contributed by atoms with Crippen molar-refractivity contribution in [2.24, 2.45) is 0 Å². The molecule has 4 heteroatoms. The average molecular weight is 217 g/mol. The van der Waals surface area contributed by atoms with Crippen molar-refractivity contribution in [3.63, 3.8) is 0 Å². The molecular weight excluding hydrogens is 208 g/mol. The van der Waals surface area contributed by atoms with Crippen molar-refractivity contribution < 1.29 is 4.74 Å². The predicted octanol–water partition coefficient (Wildman–Crippen LogP) is 1.82. The second-order valence-corrected chi connectivity index (χ2v) is 2.79. The van der Waals surface area contributed by atoms with E-state index in [0.717, 1.165) is 4.60 Å². The van der Waals surface area contributed by atoms with Gasteiger partial charge in [0.2, 0.25) is 0 Å². The van der Waals surface area contributed by atoms with E-state index < -0.39 is 0 Å². The molecule has 11 heavy (non-hydrogen) atoms. The van der Waals surface area contributed by atoms with Crippen LogP contribution >= 0.6 is 15.9 Å². The summed E-state index contributed by atoms with van der Waals surface area (Å²) in [4.78, 5) is 3.97. The van der Waals surface area contributed by atoms with E-state index in [-0.39, 0.29) is 0 Å². The Kier molecular flexibility index (Phi) is 2.70. The van der Waals surface area contributed by atoms with Crippen LogP contribution in [0.15, 0.2) is 16.9 Å². The SMILES string of the molecule is CCOc1cnc(Br)cc1N. The van der Waals surface area contributed by atoms with E-state index >= 15 is 0 Å². The smallest absolute Gasteiger partial charge is 0.160 e. The first kappa shape index (κ1) is 8.33. The average Bonchev–Trinajstić information content (AvgIpc) is 1.95. The van der Waals surface area contributed by atoms with Crippen LogP contribution in [0.5, 0.6) is 5.75 Å². The second kappa shape index (κ2) is 3.57. The molecule has 0 atom stereocenters. The highest BCUT2D eigenvalue weighted by Gasteiger charge is 1.99.